The molecule has 0 spiro atoms. The van der Waals surface area contributed by atoms with Gasteiger partial charge in [0.05, 0.1) is 30.8 Å². The second-order valence-corrected chi connectivity index (χ2v) is 7.76. The number of imide groups is 1. The highest BCUT2D eigenvalue weighted by Crippen LogP contribution is 2.28. The van der Waals surface area contributed by atoms with E-state index in [1.807, 2.05) is 24.3 Å². The topological polar surface area (TPSA) is 70.2 Å². The summed E-state index contributed by atoms with van der Waals surface area (Å²) in [7, 11) is 1.31. The summed E-state index contributed by atoms with van der Waals surface area (Å²) in [6.45, 7) is 2.93. The van der Waals surface area contributed by atoms with E-state index < -0.39 is 12.0 Å². The molecule has 0 saturated carbocycles. The normalized spacial score (nSPS) is 20.0. The molecule has 2 heterocycles. The van der Waals surface area contributed by atoms with Gasteiger partial charge in [-0.1, -0.05) is 11.6 Å². The van der Waals surface area contributed by atoms with Gasteiger partial charge in [0.15, 0.2) is 0 Å². The summed E-state index contributed by atoms with van der Waals surface area (Å²) in [6, 6.07) is 13.6. The quantitative estimate of drug-likeness (QED) is 0.551. The third-order valence-electron chi connectivity index (χ3n) is 5.62. The summed E-state index contributed by atoms with van der Waals surface area (Å²) in [6.07, 6.45) is 0.165. The van der Waals surface area contributed by atoms with E-state index in [1.165, 1.54) is 12.0 Å². The molecule has 0 N–H and O–H groups in total. The number of piperazine rings is 1. The first-order valence-electron chi connectivity index (χ1n) is 9.77. The van der Waals surface area contributed by atoms with Gasteiger partial charge in [-0.15, -0.1) is 0 Å². The number of benzene rings is 2. The molecule has 2 fully saturated rings. The molecule has 0 bridgehead atoms. The minimum atomic E-state index is -0.461. The number of ether oxygens (including phenoxy) is 1. The summed E-state index contributed by atoms with van der Waals surface area (Å²) in [4.78, 5) is 42.8. The lowest BCUT2D eigenvalue weighted by molar-refractivity contribution is -0.123. The van der Waals surface area contributed by atoms with Gasteiger partial charge in [0.2, 0.25) is 5.91 Å². The molecule has 2 saturated heterocycles. The Morgan fingerprint density at radius 3 is 2.13 bits per heavy atom. The number of carbonyl (C=O) groups excluding carboxylic acids is 3. The lowest BCUT2D eigenvalue weighted by Gasteiger charge is -2.38. The van der Waals surface area contributed by atoms with Crippen LogP contribution in [-0.2, 0) is 14.3 Å². The number of esters is 1. The van der Waals surface area contributed by atoms with Crippen molar-refractivity contribution in [2.75, 3.05) is 43.1 Å². The molecule has 0 aromatic heterocycles. The smallest absolute Gasteiger partial charge is 0.337 e. The van der Waals surface area contributed by atoms with Crippen molar-refractivity contribution in [1.82, 2.24) is 4.90 Å². The molecule has 2 aliphatic heterocycles. The van der Waals surface area contributed by atoms with E-state index in [-0.39, 0.29) is 18.2 Å². The first kappa shape index (κ1) is 20.4. The predicted molar refractivity (Wildman–Crippen MR) is 114 cm³/mol. The van der Waals surface area contributed by atoms with Crippen molar-refractivity contribution in [2.24, 2.45) is 0 Å². The molecule has 2 aromatic rings. The molecule has 2 amide bonds. The van der Waals surface area contributed by atoms with Crippen LogP contribution in [0.1, 0.15) is 16.8 Å². The van der Waals surface area contributed by atoms with Crippen LogP contribution in [0.5, 0.6) is 0 Å². The molecular weight excluding hydrogens is 406 g/mol. The van der Waals surface area contributed by atoms with Crippen LogP contribution in [0.3, 0.4) is 0 Å². The highest BCUT2D eigenvalue weighted by atomic mass is 35.5. The van der Waals surface area contributed by atoms with E-state index in [2.05, 4.69) is 14.5 Å². The Bertz CT molecular complexity index is 953. The largest absolute Gasteiger partial charge is 0.465 e. The van der Waals surface area contributed by atoms with Crippen LogP contribution in [0.4, 0.5) is 11.4 Å². The second-order valence-electron chi connectivity index (χ2n) is 7.33. The molecule has 1 atom stereocenters. The fraction of sp³-hybridized carbons (Fsp3) is 0.318. The van der Waals surface area contributed by atoms with Gasteiger partial charge in [0, 0.05) is 36.9 Å². The van der Waals surface area contributed by atoms with Crippen molar-refractivity contribution in [3.8, 4) is 0 Å². The van der Waals surface area contributed by atoms with Gasteiger partial charge in [0.25, 0.3) is 5.91 Å². The zero-order valence-corrected chi connectivity index (χ0v) is 17.3. The van der Waals surface area contributed by atoms with Crippen LogP contribution in [0, 0.1) is 0 Å². The molecule has 2 aliphatic rings. The summed E-state index contributed by atoms with van der Waals surface area (Å²) in [5, 5.41) is 0.701. The van der Waals surface area contributed by atoms with Crippen molar-refractivity contribution >= 4 is 40.8 Å². The minimum Gasteiger partial charge on any atom is -0.465 e. The zero-order valence-electron chi connectivity index (χ0n) is 16.6. The summed E-state index contributed by atoms with van der Waals surface area (Å²) < 4.78 is 4.68. The Hall–Kier alpha value is -2.90. The number of methoxy groups -OCH3 is 1. The third-order valence-corrected chi connectivity index (χ3v) is 5.87. The molecule has 30 heavy (non-hydrogen) atoms. The number of rotatable bonds is 4. The fourth-order valence-electron chi connectivity index (χ4n) is 3.98. The van der Waals surface area contributed by atoms with Crippen molar-refractivity contribution < 1.29 is 19.1 Å². The number of anilines is 2. The molecule has 4 rings (SSSR count). The van der Waals surface area contributed by atoms with E-state index in [1.54, 1.807) is 24.3 Å². The van der Waals surface area contributed by atoms with Crippen molar-refractivity contribution in [1.29, 1.82) is 0 Å². The Morgan fingerprint density at radius 2 is 1.53 bits per heavy atom. The lowest BCUT2D eigenvalue weighted by atomic mass is 10.1. The van der Waals surface area contributed by atoms with E-state index in [9.17, 15) is 14.4 Å². The second kappa shape index (κ2) is 8.45. The number of amides is 2. The highest BCUT2D eigenvalue weighted by Gasteiger charge is 2.43. The maximum Gasteiger partial charge on any atom is 0.337 e. The lowest BCUT2D eigenvalue weighted by Crippen LogP contribution is -2.52. The number of halogens is 1. The third kappa shape index (κ3) is 3.91. The first-order chi connectivity index (χ1) is 14.5. The van der Waals surface area contributed by atoms with Crippen LogP contribution in [0.15, 0.2) is 48.5 Å². The first-order valence-corrected chi connectivity index (χ1v) is 10.2. The van der Waals surface area contributed by atoms with Gasteiger partial charge < -0.3 is 9.64 Å². The molecule has 0 radical (unpaired) electrons. The van der Waals surface area contributed by atoms with Gasteiger partial charge in [0.1, 0.15) is 0 Å². The number of hydrogen-bond acceptors (Lipinski definition) is 6. The van der Waals surface area contributed by atoms with Crippen LogP contribution < -0.4 is 9.80 Å². The maximum atomic E-state index is 13.0. The average Bonchev–Trinajstić information content (AvgIpc) is 3.08. The zero-order chi connectivity index (χ0) is 21.3. The summed E-state index contributed by atoms with van der Waals surface area (Å²) >= 11 is 5.96. The average molecular weight is 428 g/mol. The van der Waals surface area contributed by atoms with Crippen LogP contribution in [0.25, 0.3) is 0 Å². The van der Waals surface area contributed by atoms with Crippen molar-refractivity contribution in [2.45, 2.75) is 12.5 Å². The summed E-state index contributed by atoms with van der Waals surface area (Å²) in [5.74, 6) is -0.904. The van der Waals surface area contributed by atoms with E-state index in [4.69, 9.17) is 11.6 Å². The molecular formula is C22H22ClN3O4. The van der Waals surface area contributed by atoms with Gasteiger partial charge in [-0.3, -0.25) is 14.5 Å². The Kier molecular flexibility index (Phi) is 5.74. The highest BCUT2D eigenvalue weighted by molar-refractivity contribution is 6.30. The monoisotopic (exact) mass is 427 g/mol. The van der Waals surface area contributed by atoms with Crippen LogP contribution >= 0.6 is 11.6 Å². The number of hydrogen-bond donors (Lipinski definition) is 0. The van der Waals surface area contributed by atoms with E-state index in [0.717, 1.165) is 18.8 Å². The Labute approximate surface area is 179 Å². The molecule has 8 heteroatoms. The van der Waals surface area contributed by atoms with Gasteiger partial charge >= 0.3 is 5.97 Å². The Morgan fingerprint density at radius 1 is 0.933 bits per heavy atom. The molecule has 2 aromatic carbocycles. The number of nitrogens with zero attached hydrogens (tertiary/aromatic N) is 3. The van der Waals surface area contributed by atoms with E-state index >= 15 is 0 Å². The van der Waals surface area contributed by atoms with Gasteiger partial charge in [-0.25, -0.2) is 9.69 Å². The van der Waals surface area contributed by atoms with Gasteiger partial charge in [-0.05, 0) is 48.5 Å². The predicted octanol–water partition coefficient (Wildman–Crippen LogP) is 2.58. The van der Waals surface area contributed by atoms with Crippen LogP contribution in [-0.4, -0.2) is 62.0 Å². The molecule has 156 valence electrons. The standard InChI is InChI=1S/C22H22ClN3O4/c1-30-22(29)15-2-6-18(7-3-15)26-20(27)14-19(21(26)28)25-12-10-24(11-13-25)17-8-4-16(23)5-9-17/h2-9,19H,10-14H2,1H3/t19-/m1/s1. The van der Waals surface area contributed by atoms with E-state index in [0.29, 0.717) is 29.4 Å². The summed E-state index contributed by atoms with van der Waals surface area (Å²) in [5.41, 5.74) is 1.94. The van der Waals surface area contributed by atoms with Crippen LogP contribution in [0.2, 0.25) is 5.02 Å². The minimum absolute atomic E-state index is 0.165. The van der Waals surface area contributed by atoms with Crippen molar-refractivity contribution in [3.05, 3.63) is 59.1 Å². The Balaban J connectivity index is 1.42. The maximum absolute atomic E-state index is 13.0. The SMILES string of the molecule is COC(=O)c1ccc(N2C(=O)C[C@@H](N3CCN(c4ccc(Cl)cc4)CC3)C2=O)cc1. The molecule has 0 unspecified atom stereocenters. The van der Waals surface area contributed by atoms with Gasteiger partial charge in [-0.2, -0.15) is 0 Å². The van der Waals surface area contributed by atoms with Crippen molar-refractivity contribution in [3.63, 3.8) is 0 Å². The fourth-order valence-corrected chi connectivity index (χ4v) is 4.11. The molecule has 0 aliphatic carbocycles. The molecule has 7 nitrogen and oxygen atoms in total. The number of carbonyl (C=O) groups is 3.